The SMILES string of the molecule is CN/C=C\c1ccccn1. The van der Waals surface area contributed by atoms with Gasteiger partial charge in [-0.2, -0.15) is 0 Å². The Balaban J connectivity index is 2.67. The number of pyridine rings is 1. The van der Waals surface area contributed by atoms with E-state index in [-0.39, 0.29) is 0 Å². The van der Waals surface area contributed by atoms with Crippen molar-refractivity contribution in [3.63, 3.8) is 0 Å². The van der Waals surface area contributed by atoms with Gasteiger partial charge in [0, 0.05) is 13.2 Å². The summed E-state index contributed by atoms with van der Waals surface area (Å²) >= 11 is 0. The molecule has 0 aromatic carbocycles. The van der Waals surface area contributed by atoms with Crippen LogP contribution in [0.4, 0.5) is 0 Å². The second-order valence-electron chi connectivity index (χ2n) is 1.88. The molecule has 52 valence electrons. The molecule has 1 heterocycles. The second-order valence-corrected chi connectivity index (χ2v) is 1.88. The molecule has 0 bridgehead atoms. The third-order valence-electron chi connectivity index (χ3n) is 1.11. The Morgan fingerprint density at radius 3 is 3.00 bits per heavy atom. The van der Waals surface area contributed by atoms with Crippen molar-refractivity contribution in [1.29, 1.82) is 0 Å². The molecule has 0 fully saturated rings. The minimum absolute atomic E-state index is 0.969. The standard InChI is InChI=1S/C8H10N2/c1-9-7-5-8-4-2-3-6-10-8/h2-7,9H,1H3/b7-5-. The Hall–Kier alpha value is -1.31. The minimum Gasteiger partial charge on any atom is -0.394 e. The maximum Gasteiger partial charge on any atom is 0.0643 e. The van der Waals surface area contributed by atoms with Crippen molar-refractivity contribution in [2.24, 2.45) is 0 Å². The molecule has 0 aliphatic heterocycles. The van der Waals surface area contributed by atoms with Gasteiger partial charge in [0.1, 0.15) is 0 Å². The highest BCUT2D eigenvalue weighted by Crippen LogP contribution is 1.93. The van der Waals surface area contributed by atoms with Crippen molar-refractivity contribution >= 4 is 6.08 Å². The molecule has 10 heavy (non-hydrogen) atoms. The van der Waals surface area contributed by atoms with Crippen molar-refractivity contribution in [3.05, 3.63) is 36.3 Å². The number of aromatic nitrogens is 1. The average molecular weight is 134 g/mol. The highest BCUT2D eigenvalue weighted by Gasteiger charge is 1.80. The predicted octanol–water partition coefficient (Wildman–Crippen LogP) is 1.27. The van der Waals surface area contributed by atoms with E-state index in [4.69, 9.17) is 0 Å². The van der Waals surface area contributed by atoms with Gasteiger partial charge in [-0.25, -0.2) is 0 Å². The largest absolute Gasteiger partial charge is 0.394 e. The summed E-state index contributed by atoms with van der Waals surface area (Å²) in [7, 11) is 1.86. The third-order valence-corrected chi connectivity index (χ3v) is 1.11. The Morgan fingerprint density at radius 1 is 1.50 bits per heavy atom. The number of hydrogen-bond donors (Lipinski definition) is 1. The van der Waals surface area contributed by atoms with Gasteiger partial charge in [0.15, 0.2) is 0 Å². The van der Waals surface area contributed by atoms with Crippen LogP contribution in [-0.4, -0.2) is 12.0 Å². The van der Waals surface area contributed by atoms with Crippen LogP contribution in [-0.2, 0) is 0 Å². The smallest absolute Gasteiger partial charge is 0.0643 e. The molecule has 0 atom stereocenters. The molecule has 2 heteroatoms. The fraction of sp³-hybridized carbons (Fsp3) is 0.125. The molecule has 0 aliphatic rings. The number of hydrogen-bond acceptors (Lipinski definition) is 2. The summed E-state index contributed by atoms with van der Waals surface area (Å²) in [5.41, 5.74) is 0.969. The van der Waals surface area contributed by atoms with Crippen LogP contribution in [0.2, 0.25) is 0 Å². The van der Waals surface area contributed by atoms with E-state index in [1.165, 1.54) is 0 Å². The molecule has 0 unspecified atom stereocenters. The Morgan fingerprint density at radius 2 is 2.40 bits per heavy atom. The predicted molar refractivity (Wildman–Crippen MR) is 42.3 cm³/mol. The van der Waals surface area contributed by atoms with Crippen LogP contribution >= 0.6 is 0 Å². The minimum atomic E-state index is 0.969. The molecule has 0 saturated heterocycles. The molecule has 0 saturated carbocycles. The molecule has 1 aromatic heterocycles. The van der Waals surface area contributed by atoms with Crippen LogP contribution in [0.5, 0.6) is 0 Å². The van der Waals surface area contributed by atoms with E-state index in [1.54, 1.807) is 6.20 Å². The summed E-state index contributed by atoms with van der Waals surface area (Å²) < 4.78 is 0. The van der Waals surface area contributed by atoms with E-state index in [0.29, 0.717) is 0 Å². The Labute approximate surface area is 60.6 Å². The van der Waals surface area contributed by atoms with Gasteiger partial charge in [0.05, 0.1) is 5.69 Å². The van der Waals surface area contributed by atoms with E-state index in [1.807, 2.05) is 37.5 Å². The topological polar surface area (TPSA) is 24.9 Å². The summed E-state index contributed by atoms with van der Waals surface area (Å²) in [5, 5.41) is 2.90. The molecule has 1 aromatic rings. The zero-order valence-corrected chi connectivity index (χ0v) is 5.91. The van der Waals surface area contributed by atoms with Gasteiger partial charge in [-0.1, -0.05) is 6.07 Å². The van der Waals surface area contributed by atoms with Crippen LogP contribution in [0.1, 0.15) is 5.69 Å². The monoisotopic (exact) mass is 134 g/mol. The third kappa shape index (κ3) is 1.90. The zero-order chi connectivity index (χ0) is 7.23. The van der Waals surface area contributed by atoms with Crippen molar-refractivity contribution in [1.82, 2.24) is 10.3 Å². The highest BCUT2D eigenvalue weighted by molar-refractivity contribution is 5.42. The number of nitrogens with one attached hydrogen (secondary N) is 1. The van der Waals surface area contributed by atoms with E-state index < -0.39 is 0 Å². The Bertz CT molecular complexity index is 204. The van der Waals surface area contributed by atoms with Gasteiger partial charge in [-0.05, 0) is 24.4 Å². The fourth-order valence-corrected chi connectivity index (χ4v) is 0.643. The van der Waals surface area contributed by atoms with Crippen molar-refractivity contribution in [2.45, 2.75) is 0 Å². The quantitative estimate of drug-likeness (QED) is 0.659. The maximum atomic E-state index is 4.09. The first-order valence-electron chi connectivity index (χ1n) is 3.18. The average Bonchev–Trinajstić information content (AvgIpc) is 2.03. The van der Waals surface area contributed by atoms with Gasteiger partial charge in [-0.3, -0.25) is 4.98 Å². The molecular formula is C8H10N2. The molecule has 0 amide bonds. The Kier molecular flexibility index (Phi) is 2.49. The van der Waals surface area contributed by atoms with Crippen LogP contribution in [0.15, 0.2) is 30.6 Å². The van der Waals surface area contributed by atoms with E-state index in [9.17, 15) is 0 Å². The molecule has 0 spiro atoms. The van der Waals surface area contributed by atoms with Gasteiger partial charge in [-0.15, -0.1) is 0 Å². The first kappa shape index (κ1) is 6.81. The zero-order valence-electron chi connectivity index (χ0n) is 5.91. The summed E-state index contributed by atoms with van der Waals surface area (Å²) in [6.45, 7) is 0. The van der Waals surface area contributed by atoms with Crippen LogP contribution in [0.3, 0.4) is 0 Å². The summed E-state index contributed by atoms with van der Waals surface area (Å²) in [4.78, 5) is 4.09. The van der Waals surface area contributed by atoms with E-state index >= 15 is 0 Å². The van der Waals surface area contributed by atoms with Gasteiger partial charge in [0.2, 0.25) is 0 Å². The summed E-state index contributed by atoms with van der Waals surface area (Å²) in [6, 6.07) is 5.81. The molecule has 0 radical (unpaired) electrons. The first-order valence-corrected chi connectivity index (χ1v) is 3.18. The molecule has 0 aliphatic carbocycles. The first-order chi connectivity index (χ1) is 4.93. The van der Waals surface area contributed by atoms with Crippen molar-refractivity contribution < 1.29 is 0 Å². The van der Waals surface area contributed by atoms with Gasteiger partial charge < -0.3 is 5.32 Å². The normalized spacial score (nSPS) is 10.1. The van der Waals surface area contributed by atoms with Crippen LogP contribution in [0.25, 0.3) is 6.08 Å². The van der Waals surface area contributed by atoms with E-state index in [0.717, 1.165) is 5.69 Å². The van der Waals surface area contributed by atoms with Gasteiger partial charge in [0.25, 0.3) is 0 Å². The molecule has 1 N–H and O–H groups in total. The van der Waals surface area contributed by atoms with Crippen LogP contribution < -0.4 is 5.32 Å². The second kappa shape index (κ2) is 3.67. The lowest BCUT2D eigenvalue weighted by Crippen LogP contribution is -1.91. The lowest BCUT2D eigenvalue weighted by Gasteiger charge is -1.88. The van der Waals surface area contributed by atoms with Gasteiger partial charge >= 0.3 is 0 Å². The van der Waals surface area contributed by atoms with E-state index in [2.05, 4.69) is 10.3 Å². The lowest BCUT2D eigenvalue weighted by molar-refractivity contribution is 1.11. The maximum absolute atomic E-state index is 4.09. The van der Waals surface area contributed by atoms with Crippen molar-refractivity contribution in [3.8, 4) is 0 Å². The number of rotatable bonds is 2. The molecule has 1 rings (SSSR count). The lowest BCUT2D eigenvalue weighted by atomic mass is 10.3. The molecular weight excluding hydrogens is 124 g/mol. The number of nitrogens with zero attached hydrogens (tertiary/aromatic N) is 1. The fourth-order valence-electron chi connectivity index (χ4n) is 0.643. The van der Waals surface area contributed by atoms with Crippen LogP contribution in [0, 0.1) is 0 Å². The summed E-state index contributed by atoms with van der Waals surface area (Å²) in [6.07, 6.45) is 5.54. The van der Waals surface area contributed by atoms with Crippen molar-refractivity contribution in [2.75, 3.05) is 7.05 Å². The molecule has 2 nitrogen and oxygen atoms in total. The summed E-state index contributed by atoms with van der Waals surface area (Å²) in [5.74, 6) is 0. The highest BCUT2D eigenvalue weighted by atomic mass is 14.8.